The Balaban J connectivity index is 0.00000161. The molecule has 5 nitrogen and oxygen atoms in total. The third-order valence-corrected chi connectivity index (χ3v) is 3.92. The molecular weight excluding hydrogens is 310 g/mol. The molecule has 1 aliphatic heterocycles. The summed E-state index contributed by atoms with van der Waals surface area (Å²) in [6.07, 6.45) is 3.47. The molecule has 0 saturated heterocycles. The van der Waals surface area contributed by atoms with Crippen LogP contribution in [0.1, 0.15) is 17.3 Å². The second kappa shape index (κ2) is 6.51. The van der Waals surface area contributed by atoms with Crippen LogP contribution in [0, 0.1) is 4.77 Å². The highest BCUT2D eigenvalue weighted by Crippen LogP contribution is 2.36. The molecule has 1 aromatic heterocycles. The molecule has 0 bridgehead atoms. The van der Waals surface area contributed by atoms with Gasteiger partial charge in [-0.05, 0) is 24.8 Å². The summed E-state index contributed by atoms with van der Waals surface area (Å²) >= 11 is 5.35. The number of nitrogens with one attached hydrogen (secondary N) is 1. The highest BCUT2D eigenvalue weighted by Gasteiger charge is 2.25. The number of H-pyrrole nitrogens is 1. The monoisotopic (exact) mass is 327 g/mol. The minimum absolute atomic E-state index is 0. The van der Waals surface area contributed by atoms with E-state index < -0.39 is 0 Å². The maximum Gasteiger partial charge on any atom is 0.177 e. The number of hydrogen-bond acceptors (Lipinski definition) is 4. The Morgan fingerprint density at radius 1 is 1.48 bits per heavy atom. The van der Waals surface area contributed by atoms with Crippen LogP contribution >= 0.6 is 24.6 Å². The highest BCUT2D eigenvalue weighted by atomic mass is 35.5. The molecule has 2 aromatic rings. The molecule has 114 valence electrons. The van der Waals surface area contributed by atoms with Crippen LogP contribution in [0.2, 0.25) is 0 Å². The molecule has 1 atom stereocenters. The van der Waals surface area contributed by atoms with Crippen LogP contribution in [0.5, 0.6) is 11.5 Å². The van der Waals surface area contributed by atoms with Crippen molar-refractivity contribution in [2.45, 2.75) is 18.9 Å². The third-order valence-electron chi connectivity index (χ3n) is 3.61. The van der Waals surface area contributed by atoms with Crippen LogP contribution in [-0.4, -0.2) is 27.8 Å². The Kier molecular flexibility index (Phi) is 4.92. The van der Waals surface area contributed by atoms with Crippen molar-refractivity contribution in [3.8, 4) is 11.5 Å². The molecule has 0 amide bonds. The molecule has 2 heterocycles. The number of benzene rings is 1. The number of imidazole rings is 1. The van der Waals surface area contributed by atoms with Crippen molar-refractivity contribution < 1.29 is 9.84 Å². The third kappa shape index (κ3) is 2.92. The van der Waals surface area contributed by atoms with Gasteiger partial charge in [0.1, 0.15) is 6.61 Å². The van der Waals surface area contributed by atoms with E-state index in [1.54, 1.807) is 6.07 Å². The lowest BCUT2D eigenvalue weighted by molar-refractivity contribution is 0.212. The smallest absolute Gasteiger partial charge is 0.177 e. The van der Waals surface area contributed by atoms with Gasteiger partial charge in [0.15, 0.2) is 16.3 Å². The Bertz CT molecular complexity index is 683. The van der Waals surface area contributed by atoms with Crippen LogP contribution in [0.4, 0.5) is 0 Å². The summed E-state index contributed by atoms with van der Waals surface area (Å²) in [5, 5.41) is 9.79. The van der Waals surface area contributed by atoms with E-state index in [-0.39, 0.29) is 24.2 Å². The minimum Gasteiger partial charge on any atom is -0.504 e. The number of phenolic OH excluding ortho intramolecular Hbond substituents is 1. The zero-order chi connectivity index (χ0) is 14.1. The molecule has 0 saturated carbocycles. The predicted octanol–water partition coefficient (Wildman–Crippen LogP) is 2.35. The number of halogens is 1. The molecule has 0 unspecified atom stereocenters. The van der Waals surface area contributed by atoms with E-state index in [2.05, 4.69) is 9.55 Å². The largest absolute Gasteiger partial charge is 0.504 e. The highest BCUT2D eigenvalue weighted by molar-refractivity contribution is 7.71. The number of fused-ring (bicyclic) bond motifs is 1. The maximum absolute atomic E-state index is 9.79. The minimum atomic E-state index is 0. The SMILES string of the molecule is Cl.NCCc1c[nH]c(=S)n1[C@@H]1COc2c(O)cccc2C1. The number of hydrogen-bond donors (Lipinski definition) is 3. The lowest BCUT2D eigenvalue weighted by Gasteiger charge is -2.28. The lowest BCUT2D eigenvalue weighted by Crippen LogP contribution is -2.26. The van der Waals surface area contributed by atoms with Crippen molar-refractivity contribution in [1.82, 2.24) is 9.55 Å². The fourth-order valence-corrected chi connectivity index (χ4v) is 3.04. The number of aromatic amines is 1. The molecule has 1 aliphatic rings. The summed E-state index contributed by atoms with van der Waals surface area (Å²) < 4.78 is 8.48. The van der Waals surface area contributed by atoms with Gasteiger partial charge < -0.3 is 25.1 Å². The molecule has 0 radical (unpaired) electrons. The number of para-hydroxylation sites is 1. The fourth-order valence-electron chi connectivity index (χ4n) is 2.71. The second-order valence-corrected chi connectivity index (χ2v) is 5.31. The van der Waals surface area contributed by atoms with E-state index in [1.807, 2.05) is 18.3 Å². The molecule has 0 fully saturated rings. The topological polar surface area (TPSA) is 76.2 Å². The van der Waals surface area contributed by atoms with Gasteiger partial charge >= 0.3 is 0 Å². The van der Waals surface area contributed by atoms with Gasteiger partial charge in [-0.25, -0.2) is 0 Å². The summed E-state index contributed by atoms with van der Waals surface area (Å²) in [6.45, 7) is 1.08. The summed E-state index contributed by atoms with van der Waals surface area (Å²) in [6, 6.07) is 5.57. The van der Waals surface area contributed by atoms with Crippen LogP contribution in [0.3, 0.4) is 0 Å². The standard InChI is InChI=1S/C14H17N3O2S.ClH/c15-5-4-10-7-16-14(20)17(10)11-6-9-2-1-3-12(18)13(9)19-8-11;/h1-3,7,11,18H,4-6,8,15H2,(H,16,20);1H/t11-;/m0./s1. The van der Waals surface area contributed by atoms with Crippen molar-refractivity contribution in [1.29, 1.82) is 0 Å². The van der Waals surface area contributed by atoms with Crippen LogP contribution in [-0.2, 0) is 12.8 Å². The van der Waals surface area contributed by atoms with Crippen molar-refractivity contribution in [2.75, 3.05) is 13.2 Å². The number of phenols is 1. The maximum atomic E-state index is 9.79. The van der Waals surface area contributed by atoms with E-state index in [9.17, 15) is 5.11 Å². The van der Waals surface area contributed by atoms with E-state index in [0.29, 0.717) is 23.7 Å². The van der Waals surface area contributed by atoms with Gasteiger partial charge in [0, 0.05) is 30.3 Å². The van der Waals surface area contributed by atoms with Crippen LogP contribution in [0.15, 0.2) is 24.4 Å². The van der Waals surface area contributed by atoms with Crippen molar-refractivity contribution >= 4 is 24.6 Å². The van der Waals surface area contributed by atoms with Gasteiger partial charge in [0.25, 0.3) is 0 Å². The van der Waals surface area contributed by atoms with Gasteiger partial charge in [0.05, 0.1) is 6.04 Å². The Hall–Kier alpha value is -1.50. The van der Waals surface area contributed by atoms with Crippen molar-refractivity contribution in [3.05, 3.63) is 40.4 Å². The summed E-state index contributed by atoms with van der Waals surface area (Å²) in [5.41, 5.74) is 7.73. The predicted molar refractivity (Wildman–Crippen MR) is 86.0 cm³/mol. The normalized spacial score (nSPS) is 16.7. The van der Waals surface area contributed by atoms with Crippen LogP contribution < -0.4 is 10.5 Å². The van der Waals surface area contributed by atoms with E-state index in [1.165, 1.54) is 0 Å². The van der Waals surface area contributed by atoms with Gasteiger partial charge in [-0.2, -0.15) is 0 Å². The zero-order valence-electron chi connectivity index (χ0n) is 11.4. The first kappa shape index (κ1) is 15.9. The molecule has 0 aliphatic carbocycles. The van der Waals surface area contributed by atoms with Crippen molar-refractivity contribution in [2.24, 2.45) is 5.73 Å². The number of nitrogens with two attached hydrogens (primary N) is 1. The van der Waals surface area contributed by atoms with E-state index in [4.69, 9.17) is 22.7 Å². The number of aromatic nitrogens is 2. The van der Waals surface area contributed by atoms with Gasteiger partial charge in [-0.1, -0.05) is 12.1 Å². The molecule has 21 heavy (non-hydrogen) atoms. The Morgan fingerprint density at radius 2 is 2.29 bits per heavy atom. The lowest BCUT2D eigenvalue weighted by atomic mass is 10.0. The Morgan fingerprint density at radius 3 is 3.05 bits per heavy atom. The first-order valence-electron chi connectivity index (χ1n) is 6.63. The molecule has 3 rings (SSSR count). The van der Waals surface area contributed by atoms with E-state index in [0.717, 1.165) is 24.1 Å². The number of aromatic hydroxyl groups is 1. The summed E-state index contributed by atoms with van der Waals surface area (Å²) in [5.74, 6) is 0.784. The Labute approximate surface area is 134 Å². The molecular formula is C14H18ClN3O2S. The molecule has 0 spiro atoms. The number of nitrogens with zero attached hydrogens (tertiary/aromatic N) is 1. The van der Waals surface area contributed by atoms with E-state index >= 15 is 0 Å². The first-order valence-corrected chi connectivity index (χ1v) is 7.04. The summed E-state index contributed by atoms with van der Waals surface area (Å²) in [4.78, 5) is 3.07. The second-order valence-electron chi connectivity index (χ2n) is 4.93. The number of ether oxygens (including phenoxy) is 1. The van der Waals surface area contributed by atoms with Gasteiger partial charge in [0.2, 0.25) is 0 Å². The first-order chi connectivity index (χ1) is 9.70. The quantitative estimate of drug-likeness (QED) is 0.756. The van der Waals surface area contributed by atoms with Crippen molar-refractivity contribution in [3.63, 3.8) is 0 Å². The zero-order valence-corrected chi connectivity index (χ0v) is 13.0. The average molecular weight is 328 g/mol. The molecule has 1 aromatic carbocycles. The van der Waals surface area contributed by atoms with Gasteiger partial charge in [-0.3, -0.25) is 0 Å². The fraction of sp³-hybridized carbons (Fsp3) is 0.357. The number of rotatable bonds is 3. The molecule has 4 N–H and O–H groups in total. The average Bonchev–Trinajstić information content (AvgIpc) is 2.80. The van der Waals surface area contributed by atoms with Gasteiger partial charge in [-0.15, -0.1) is 12.4 Å². The van der Waals surface area contributed by atoms with Crippen LogP contribution in [0.25, 0.3) is 0 Å². The summed E-state index contributed by atoms with van der Waals surface area (Å²) in [7, 11) is 0. The molecule has 7 heteroatoms.